The maximum Gasteiger partial charge on any atom is 0.303 e. The number of pyridine rings is 1. The van der Waals surface area contributed by atoms with Crippen LogP contribution in [0.25, 0.3) is 5.57 Å². The van der Waals surface area contributed by atoms with Gasteiger partial charge in [-0.3, -0.25) is 9.78 Å². The molecule has 1 aromatic rings. The first-order chi connectivity index (χ1) is 14.3. The van der Waals surface area contributed by atoms with E-state index < -0.39 is 12.1 Å². The lowest BCUT2D eigenvalue weighted by molar-refractivity contribution is -0.138. The molecule has 1 aromatic heterocycles. The summed E-state index contributed by atoms with van der Waals surface area (Å²) in [4.78, 5) is 15.6. The second kappa shape index (κ2) is 7.05. The fourth-order valence-electron chi connectivity index (χ4n) is 7.69. The number of aromatic nitrogens is 1. The van der Waals surface area contributed by atoms with Gasteiger partial charge in [0.25, 0.3) is 0 Å². The quantitative estimate of drug-likeness (QED) is 0.684. The molecule has 5 rings (SSSR count). The summed E-state index contributed by atoms with van der Waals surface area (Å²) in [5.41, 5.74) is 4.17. The molecule has 2 fully saturated rings. The fourth-order valence-corrected chi connectivity index (χ4v) is 7.69. The van der Waals surface area contributed by atoms with Crippen LogP contribution in [0.15, 0.2) is 42.3 Å². The average molecular weight is 408 g/mol. The summed E-state index contributed by atoms with van der Waals surface area (Å²) in [6, 6.07) is 4.18. The van der Waals surface area contributed by atoms with Gasteiger partial charge < -0.3 is 10.2 Å². The number of hydrogen-bond donors (Lipinski definition) is 2. The Bertz CT molecular complexity index is 906. The van der Waals surface area contributed by atoms with Crippen molar-refractivity contribution in [2.45, 2.75) is 64.9 Å². The third-order valence-electron chi connectivity index (χ3n) is 9.25. The third-order valence-corrected chi connectivity index (χ3v) is 9.25. The van der Waals surface area contributed by atoms with E-state index in [9.17, 15) is 15.0 Å². The van der Waals surface area contributed by atoms with Crippen LogP contribution in [0.1, 0.15) is 64.4 Å². The highest BCUT2D eigenvalue weighted by atomic mass is 16.4. The second-order valence-corrected chi connectivity index (χ2v) is 10.6. The monoisotopic (exact) mass is 407 g/mol. The zero-order valence-corrected chi connectivity index (χ0v) is 18.1. The van der Waals surface area contributed by atoms with Gasteiger partial charge in [-0.2, -0.15) is 0 Å². The second-order valence-electron chi connectivity index (χ2n) is 10.6. The molecule has 1 heterocycles. The van der Waals surface area contributed by atoms with E-state index in [2.05, 4.69) is 37.0 Å². The van der Waals surface area contributed by atoms with Crippen molar-refractivity contribution in [3.05, 3.63) is 47.8 Å². The van der Waals surface area contributed by atoms with Crippen molar-refractivity contribution in [1.82, 2.24) is 4.98 Å². The van der Waals surface area contributed by atoms with Crippen molar-refractivity contribution in [2.75, 3.05) is 0 Å². The molecular formula is C26H33NO3. The summed E-state index contributed by atoms with van der Waals surface area (Å²) in [5.74, 6) is 0.723. The Hall–Kier alpha value is -1.94. The molecule has 0 radical (unpaired) electrons. The minimum Gasteiger partial charge on any atom is -0.481 e. The summed E-state index contributed by atoms with van der Waals surface area (Å²) in [6.07, 6.45) is 14.3. The molecule has 0 aromatic carbocycles. The smallest absolute Gasteiger partial charge is 0.303 e. The third kappa shape index (κ3) is 2.90. The highest BCUT2D eigenvalue weighted by Gasteiger charge is 2.59. The van der Waals surface area contributed by atoms with Crippen molar-refractivity contribution in [2.24, 2.45) is 34.5 Å². The first-order valence-corrected chi connectivity index (χ1v) is 11.5. The molecule has 7 atom stereocenters. The Labute approximate surface area is 179 Å². The maximum atomic E-state index is 11.3. The molecule has 0 bridgehead atoms. The Morgan fingerprint density at radius 3 is 2.73 bits per heavy atom. The van der Waals surface area contributed by atoms with Crippen LogP contribution in [0.4, 0.5) is 0 Å². The number of nitrogens with zero attached hydrogens (tertiary/aromatic N) is 1. The van der Waals surface area contributed by atoms with Gasteiger partial charge in [0.2, 0.25) is 0 Å². The van der Waals surface area contributed by atoms with Crippen LogP contribution >= 0.6 is 0 Å². The number of carboxylic acids is 1. The molecule has 2 unspecified atom stereocenters. The van der Waals surface area contributed by atoms with Gasteiger partial charge in [0.15, 0.2) is 0 Å². The summed E-state index contributed by atoms with van der Waals surface area (Å²) in [5, 5.41) is 20.6. The summed E-state index contributed by atoms with van der Waals surface area (Å²) >= 11 is 0. The topological polar surface area (TPSA) is 70.4 Å². The number of aliphatic hydroxyl groups is 1. The normalized spacial score (nSPS) is 42.4. The van der Waals surface area contributed by atoms with Crippen molar-refractivity contribution in [3.63, 3.8) is 0 Å². The molecule has 4 aliphatic carbocycles. The van der Waals surface area contributed by atoms with Crippen LogP contribution in [-0.4, -0.2) is 27.3 Å². The van der Waals surface area contributed by atoms with Crippen molar-refractivity contribution >= 4 is 11.5 Å². The van der Waals surface area contributed by atoms with Gasteiger partial charge in [-0.15, -0.1) is 0 Å². The van der Waals surface area contributed by atoms with E-state index in [4.69, 9.17) is 0 Å². The molecule has 2 N–H and O–H groups in total. The molecule has 0 aliphatic heterocycles. The number of carboxylic acid groups (broad SMARTS) is 1. The van der Waals surface area contributed by atoms with Crippen molar-refractivity contribution in [1.29, 1.82) is 0 Å². The SMILES string of the molecule is C[C@]12CCC(CC(=O)O)CC1=CC(O)[C@@H]1[C@H]2CC[C@]2(C)C(c3cccnc3)=CC[C@@H]12. The van der Waals surface area contributed by atoms with Crippen LogP contribution in [0.5, 0.6) is 0 Å². The molecule has 30 heavy (non-hydrogen) atoms. The van der Waals surface area contributed by atoms with Gasteiger partial charge in [-0.25, -0.2) is 0 Å². The number of aliphatic carboxylic acids is 1. The first-order valence-electron chi connectivity index (χ1n) is 11.5. The number of fused-ring (bicyclic) bond motifs is 5. The van der Waals surface area contributed by atoms with Gasteiger partial charge in [0.1, 0.15) is 0 Å². The van der Waals surface area contributed by atoms with E-state index in [1.807, 2.05) is 18.5 Å². The number of carbonyl (C=O) groups is 1. The molecule has 0 amide bonds. The number of hydrogen-bond acceptors (Lipinski definition) is 3. The van der Waals surface area contributed by atoms with Crippen LogP contribution in [-0.2, 0) is 4.79 Å². The van der Waals surface area contributed by atoms with E-state index in [0.29, 0.717) is 11.8 Å². The minimum atomic E-state index is -0.702. The Kier molecular flexibility index (Phi) is 4.70. The number of allylic oxidation sites excluding steroid dienone is 3. The molecule has 160 valence electrons. The highest BCUT2D eigenvalue weighted by molar-refractivity contribution is 5.72. The van der Waals surface area contributed by atoms with E-state index in [1.165, 1.54) is 16.7 Å². The number of rotatable bonds is 3. The molecule has 2 saturated carbocycles. The Morgan fingerprint density at radius 1 is 1.20 bits per heavy atom. The predicted molar refractivity (Wildman–Crippen MR) is 116 cm³/mol. The van der Waals surface area contributed by atoms with E-state index in [0.717, 1.165) is 38.5 Å². The highest BCUT2D eigenvalue weighted by Crippen LogP contribution is 2.66. The van der Waals surface area contributed by atoms with Gasteiger partial charge in [-0.1, -0.05) is 37.6 Å². The molecule has 4 aliphatic rings. The van der Waals surface area contributed by atoms with Crippen molar-refractivity contribution in [3.8, 4) is 0 Å². The summed E-state index contributed by atoms with van der Waals surface area (Å²) in [7, 11) is 0. The molecule has 0 spiro atoms. The maximum absolute atomic E-state index is 11.3. The lowest BCUT2D eigenvalue weighted by Crippen LogP contribution is -2.54. The predicted octanol–water partition coefficient (Wildman–Crippen LogP) is 5.10. The molecule has 4 heteroatoms. The van der Waals surface area contributed by atoms with Gasteiger partial charge >= 0.3 is 5.97 Å². The van der Waals surface area contributed by atoms with Gasteiger partial charge in [0, 0.05) is 18.8 Å². The summed E-state index contributed by atoms with van der Waals surface area (Å²) in [6.45, 7) is 4.80. The zero-order chi connectivity index (χ0) is 21.1. The standard InChI is InChI=1S/C26H33NO3/c1-25-9-7-16(13-23(29)30)12-18(25)14-22(28)24-20-6-5-19(17-4-3-11-27-15-17)26(20,2)10-8-21(24)25/h3-5,11,14-16,20-22,24,28H,6-10,12-13H2,1-2H3,(H,29,30)/t16?,20-,21+,22?,24-,25-,26+/m0/s1. The summed E-state index contributed by atoms with van der Waals surface area (Å²) < 4.78 is 0. The minimum absolute atomic E-state index is 0.0907. The fraction of sp³-hybridized carbons (Fsp3) is 0.615. The van der Waals surface area contributed by atoms with E-state index in [-0.39, 0.29) is 29.1 Å². The van der Waals surface area contributed by atoms with Gasteiger partial charge in [-0.05, 0) is 90.2 Å². The molecule has 0 saturated heterocycles. The van der Waals surface area contributed by atoms with Crippen LogP contribution in [0, 0.1) is 34.5 Å². The lowest BCUT2D eigenvalue weighted by Gasteiger charge is -2.59. The van der Waals surface area contributed by atoms with E-state index >= 15 is 0 Å². The van der Waals surface area contributed by atoms with Gasteiger partial charge in [0.05, 0.1) is 6.10 Å². The largest absolute Gasteiger partial charge is 0.481 e. The average Bonchev–Trinajstić information content (AvgIpc) is 3.06. The van der Waals surface area contributed by atoms with Crippen LogP contribution in [0.3, 0.4) is 0 Å². The van der Waals surface area contributed by atoms with Crippen LogP contribution in [0.2, 0.25) is 0 Å². The first kappa shape index (κ1) is 20.0. The Morgan fingerprint density at radius 2 is 2.00 bits per heavy atom. The zero-order valence-electron chi connectivity index (χ0n) is 18.1. The molecular weight excluding hydrogens is 374 g/mol. The molecule has 4 nitrogen and oxygen atoms in total. The number of aliphatic hydroxyl groups excluding tert-OH is 1. The van der Waals surface area contributed by atoms with Crippen LogP contribution < -0.4 is 0 Å². The lowest BCUT2D eigenvalue weighted by atomic mass is 9.46. The van der Waals surface area contributed by atoms with Crippen molar-refractivity contribution < 1.29 is 15.0 Å². The Balaban J connectivity index is 1.45. The van der Waals surface area contributed by atoms with E-state index in [1.54, 1.807) is 0 Å².